The van der Waals surface area contributed by atoms with Crippen LogP contribution in [-0.4, -0.2) is 38.2 Å². The summed E-state index contributed by atoms with van der Waals surface area (Å²) < 4.78 is 2.00. The predicted octanol–water partition coefficient (Wildman–Crippen LogP) is -0.642. The molecule has 6 nitrogen and oxygen atoms in total. The van der Waals surface area contributed by atoms with E-state index in [4.69, 9.17) is 5.73 Å². The molecule has 0 aliphatic carbocycles. The molecule has 0 fully saturated rings. The van der Waals surface area contributed by atoms with Crippen LogP contribution in [0.1, 0.15) is 19.2 Å². The number of hydrogen-bond donors (Lipinski definition) is 1. The summed E-state index contributed by atoms with van der Waals surface area (Å²) in [7, 11) is 0. The summed E-state index contributed by atoms with van der Waals surface area (Å²) in [5.74, 6) is 0.645. The third-order valence-corrected chi connectivity index (χ3v) is 2.82. The molecule has 1 atom stereocenters. The van der Waals surface area contributed by atoms with Crippen LogP contribution in [0.3, 0.4) is 0 Å². The monoisotopic (exact) mass is 209 g/mol. The molecule has 0 radical (unpaired) electrons. The largest absolute Gasteiger partial charge is 0.368 e. The first-order valence-corrected chi connectivity index (χ1v) is 5.12. The van der Waals surface area contributed by atoms with Gasteiger partial charge < -0.3 is 10.3 Å². The fraction of sp³-hybridized carbons (Fsp3) is 0.667. The van der Waals surface area contributed by atoms with Gasteiger partial charge in [0.2, 0.25) is 5.91 Å². The van der Waals surface area contributed by atoms with Crippen LogP contribution >= 0.6 is 0 Å². The van der Waals surface area contributed by atoms with Crippen molar-refractivity contribution in [2.75, 3.05) is 6.54 Å². The molecule has 0 saturated heterocycles. The van der Waals surface area contributed by atoms with Gasteiger partial charge in [0.15, 0.2) is 0 Å². The van der Waals surface area contributed by atoms with Gasteiger partial charge in [-0.25, -0.2) is 0 Å². The van der Waals surface area contributed by atoms with E-state index in [0.717, 1.165) is 25.3 Å². The summed E-state index contributed by atoms with van der Waals surface area (Å²) in [4.78, 5) is 13.3. The van der Waals surface area contributed by atoms with E-state index in [9.17, 15) is 4.79 Å². The number of amides is 1. The number of primary amides is 1. The summed E-state index contributed by atoms with van der Waals surface area (Å²) in [5.41, 5.74) is 5.35. The second kappa shape index (κ2) is 3.98. The quantitative estimate of drug-likeness (QED) is 0.718. The lowest BCUT2D eigenvalue weighted by molar-refractivity contribution is -0.124. The molecule has 0 bridgehead atoms. The van der Waals surface area contributed by atoms with Crippen LogP contribution in [-0.2, 0) is 17.9 Å². The van der Waals surface area contributed by atoms with Crippen molar-refractivity contribution in [1.82, 2.24) is 19.7 Å². The minimum atomic E-state index is -0.259. The molecule has 0 aromatic carbocycles. The Hall–Kier alpha value is -1.43. The smallest absolute Gasteiger partial charge is 0.234 e. The molecular weight excluding hydrogens is 194 g/mol. The van der Waals surface area contributed by atoms with Crippen molar-refractivity contribution in [2.24, 2.45) is 5.73 Å². The highest BCUT2D eigenvalue weighted by molar-refractivity contribution is 5.79. The van der Waals surface area contributed by atoms with E-state index in [1.54, 1.807) is 6.33 Å². The van der Waals surface area contributed by atoms with Gasteiger partial charge in [0.05, 0.1) is 12.6 Å². The average Bonchev–Trinajstić information content (AvgIpc) is 2.65. The van der Waals surface area contributed by atoms with Gasteiger partial charge in [0, 0.05) is 13.1 Å². The molecule has 1 amide bonds. The van der Waals surface area contributed by atoms with Crippen LogP contribution in [0.25, 0.3) is 0 Å². The zero-order chi connectivity index (χ0) is 10.8. The van der Waals surface area contributed by atoms with E-state index in [1.807, 2.05) is 11.5 Å². The molecule has 1 aliphatic heterocycles. The van der Waals surface area contributed by atoms with Gasteiger partial charge in [-0.05, 0) is 6.42 Å². The van der Waals surface area contributed by atoms with Gasteiger partial charge in [0.25, 0.3) is 0 Å². The first-order valence-electron chi connectivity index (χ1n) is 5.12. The number of carbonyl (C=O) groups is 1. The zero-order valence-corrected chi connectivity index (χ0v) is 8.76. The zero-order valence-electron chi connectivity index (χ0n) is 8.76. The van der Waals surface area contributed by atoms with Crippen LogP contribution in [0, 0.1) is 0 Å². The van der Waals surface area contributed by atoms with Crippen molar-refractivity contribution in [2.45, 2.75) is 32.5 Å². The third-order valence-electron chi connectivity index (χ3n) is 2.82. The molecule has 0 spiro atoms. The van der Waals surface area contributed by atoms with Crippen molar-refractivity contribution in [3.63, 3.8) is 0 Å². The lowest BCUT2D eigenvalue weighted by Gasteiger charge is -2.31. The molecule has 15 heavy (non-hydrogen) atoms. The number of aromatic nitrogens is 3. The van der Waals surface area contributed by atoms with Crippen LogP contribution in [0.2, 0.25) is 0 Å². The number of fused-ring (bicyclic) bond motifs is 1. The molecule has 1 aromatic heterocycles. The van der Waals surface area contributed by atoms with E-state index in [2.05, 4.69) is 15.1 Å². The van der Waals surface area contributed by atoms with Gasteiger partial charge in [-0.2, -0.15) is 0 Å². The Labute approximate surface area is 88.1 Å². The van der Waals surface area contributed by atoms with Crippen LogP contribution in [0.5, 0.6) is 0 Å². The average molecular weight is 209 g/mol. The predicted molar refractivity (Wildman–Crippen MR) is 53.7 cm³/mol. The Balaban J connectivity index is 2.11. The first kappa shape index (κ1) is 10.1. The van der Waals surface area contributed by atoms with Gasteiger partial charge in [-0.3, -0.25) is 9.69 Å². The van der Waals surface area contributed by atoms with Gasteiger partial charge >= 0.3 is 0 Å². The van der Waals surface area contributed by atoms with Crippen molar-refractivity contribution in [1.29, 1.82) is 0 Å². The van der Waals surface area contributed by atoms with E-state index in [1.165, 1.54) is 0 Å². The van der Waals surface area contributed by atoms with Crippen molar-refractivity contribution < 1.29 is 4.79 Å². The fourth-order valence-corrected chi connectivity index (χ4v) is 1.99. The highest BCUT2D eigenvalue weighted by Gasteiger charge is 2.26. The Kier molecular flexibility index (Phi) is 2.68. The standard InChI is InChI=1S/C9H15N5O/c1-2-7(9(10)15)13-3-4-14-6-11-12-8(14)5-13/h6-7H,2-5H2,1H3,(H2,10,15). The number of nitrogens with zero attached hydrogens (tertiary/aromatic N) is 4. The van der Waals surface area contributed by atoms with E-state index in [0.29, 0.717) is 6.54 Å². The normalized spacial score (nSPS) is 18.5. The van der Waals surface area contributed by atoms with Crippen molar-refractivity contribution in [3.8, 4) is 0 Å². The topological polar surface area (TPSA) is 77.0 Å². The molecule has 82 valence electrons. The fourth-order valence-electron chi connectivity index (χ4n) is 1.99. The number of nitrogens with two attached hydrogens (primary N) is 1. The third kappa shape index (κ3) is 1.85. The van der Waals surface area contributed by atoms with Crippen molar-refractivity contribution in [3.05, 3.63) is 12.2 Å². The summed E-state index contributed by atoms with van der Waals surface area (Å²) in [6.45, 7) is 4.27. The summed E-state index contributed by atoms with van der Waals surface area (Å²) in [5, 5.41) is 7.84. The maximum absolute atomic E-state index is 11.2. The summed E-state index contributed by atoms with van der Waals surface area (Å²) in [6, 6.07) is -0.185. The second-order valence-electron chi connectivity index (χ2n) is 3.74. The van der Waals surface area contributed by atoms with Gasteiger partial charge in [-0.1, -0.05) is 6.92 Å². The van der Waals surface area contributed by atoms with E-state index in [-0.39, 0.29) is 11.9 Å². The minimum Gasteiger partial charge on any atom is -0.368 e. The molecule has 1 aromatic rings. The Bertz CT molecular complexity index is 361. The Morgan fingerprint density at radius 3 is 3.13 bits per heavy atom. The van der Waals surface area contributed by atoms with E-state index >= 15 is 0 Å². The van der Waals surface area contributed by atoms with Gasteiger partial charge in [-0.15, -0.1) is 10.2 Å². The van der Waals surface area contributed by atoms with Crippen molar-refractivity contribution >= 4 is 5.91 Å². The van der Waals surface area contributed by atoms with Crippen LogP contribution in [0.15, 0.2) is 6.33 Å². The minimum absolute atomic E-state index is 0.185. The highest BCUT2D eigenvalue weighted by atomic mass is 16.1. The summed E-state index contributed by atoms with van der Waals surface area (Å²) >= 11 is 0. The van der Waals surface area contributed by atoms with Crippen LogP contribution < -0.4 is 5.73 Å². The molecule has 0 saturated carbocycles. The molecule has 1 unspecified atom stereocenters. The van der Waals surface area contributed by atoms with Gasteiger partial charge in [0.1, 0.15) is 12.2 Å². The maximum Gasteiger partial charge on any atom is 0.234 e. The second-order valence-corrected chi connectivity index (χ2v) is 3.74. The molecule has 2 N–H and O–H groups in total. The summed E-state index contributed by atoms with van der Waals surface area (Å²) in [6.07, 6.45) is 2.46. The number of rotatable bonds is 3. The SMILES string of the molecule is CCC(C(N)=O)N1CCn2cnnc2C1. The molecule has 2 heterocycles. The number of carbonyl (C=O) groups excluding carboxylic acids is 1. The first-order chi connectivity index (χ1) is 7.22. The lowest BCUT2D eigenvalue weighted by atomic mass is 10.1. The Morgan fingerprint density at radius 2 is 2.47 bits per heavy atom. The molecule has 6 heteroatoms. The van der Waals surface area contributed by atoms with E-state index < -0.39 is 0 Å². The maximum atomic E-state index is 11.2. The molecule has 1 aliphatic rings. The lowest BCUT2D eigenvalue weighted by Crippen LogP contribution is -2.47. The highest BCUT2D eigenvalue weighted by Crippen LogP contribution is 2.13. The number of hydrogen-bond acceptors (Lipinski definition) is 4. The Morgan fingerprint density at radius 1 is 1.67 bits per heavy atom. The van der Waals surface area contributed by atoms with Crippen LogP contribution in [0.4, 0.5) is 0 Å². The molecular formula is C9H15N5O. The molecule has 2 rings (SSSR count).